The highest BCUT2D eigenvalue weighted by Crippen LogP contribution is 2.15. The molecule has 0 saturated carbocycles. The number of nitrogens with one attached hydrogen (secondary N) is 2. The zero-order valence-electron chi connectivity index (χ0n) is 12.3. The van der Waals surface area contributed by atoms with E-state index in [1.807, 2.05) is 26.0 Å². The second-order valence-electron chi connectivity index (χ2n) is 4.58. The van der Waals surface area contributed by atoms with E-state index in [1.54, 1.807) is 13.3 Å². The van der Waals surface area contributed by atoms with Gasteiger partial charge in [0.05, 0.1) is 19.3 Å². The van der Waals surface area contributed by atoms with Crippen LogP contribution in [0.25, 0.3) is 0 Å². The van der Waals surface area contributed by atoms with Gasteiger partial charge in [-0.05, 0) is 19.9 Å². The van der Waals surface area contributed by atoms with E-state index in [9.17, 15) is 4.79 Å². The molecule has 2 N–H and O–H groups in total. The van der Waals surface area contributed by atoms with Gasteiger partial charge in [0.15, 0.2) is 0 Å². The Balaban J connectivity index is 2.39. The van der Waals surface area contributed by atoms with Crippen LogP contribution in [0.5, 0.6) is 5.88 Å². The number of hydrogen-bond acceptors (Lipinski definition) is 5. The van der Waals surface area contributed by atoms with Crippen LogP contribution in [-0.2, 0) is 16.1 Å². The van der Waals surface area contributed by atoms with E-state index >= 15 is 0 Å². The van der Waals surface area contributed by atoms with Crippen molar-refractivity contribution in [3.63, 3.8) is 0 Å². The smallest absolute Gasteiger partial charge is 0.234 e. The third-order valence-corrected chi connectivity index (χ3v) is 2.44. The molecule has 0 fully saturated rings. The Morgan fingerprint density at radius 2 is 2.25 bits per heavy atom. The molecule has 1 aromatic rings. The Labute approximate surface area is 119 Å². The molecule has 0 bridgehead atoms. The first kappa shape index (κ1) is 16.4. The lowest BCUT2D eigenvalue weighted by Crippen LogP contribution is -2.35. The average molecular weight is 281 g/mol. The van der Waals surface area contributed by atoms with Gasteiger partial charge >= 0.3 is 0 Å². The molecule has 0 atom stereocenters. The van der Waals surface area contributed by atoms with Crippen molar-refractivity contribution in [3.05, 3.63) is 23.9 Å². The minimum absolute atomic E-state index is 0.0510. The Bertz CT molecular complexity index is 410. The maximum atomic E-state index is 11.6. The molecule has 1 amide bonds. The number of carbonyl (C=O) groups excluding carboxylic acids is 1. The molecule has 1 rings (SSSR count). The summed E-state index contributed by atoms with van der Waals surface area (Å²) in [7, 11) is 1.63. The fourth-order valence-corrected chi connectivity index (χ4v) is 1.52. The predicted octanol–water partition coefficient (Wildman–Crippen LogP) is 0.721. The minimum Gasteiger partial charge on any atom is -0.475 e. The van der Waals surface area contributed by atoms with E-state index in [0.717, 1.165) is 5.56 Å². The van der Waals surface area contributed by atoms with Gasteiger partial charge in [0.25, 0.3) is 0 Å². The van der Waals surface area contributed by atoms with Crippen LogP contribution in [0.1, 0.15) is 19.4 Å². The van der Waals surface area contributed by atoms with Crippen LogP contribution in [0.2, 0.25) is 0 Å². The van der Waals surface area contributed by atoms with Crippen LogP contribution in [0, 0.1) is 0 Å². The SMILES string of the molecule is COCCNCC(=O)NCc1cccnc1OC(C)C. The Morgan fingerprint density at radius 1 is 1.45 bits per heavy atom. The molecule has 0 radical (unpaired) electrons. The third kappa shape index (κ3) is 6.49. The number of carbonyl (C=O) groups is 1. The second kappa shape index (κ2) is 9.28. The van der Waals surface area contributed by atoms with Crippen molar-refractivity contribution in [1.29, 1.82) is 0 Å². The summed E-state index contributed by atoms with van der Waals surface area (Å²) in [5.41, 5.74) is 0.867. The van der Waals surface area contributed by atoms with Gasteiger partial charge in [-0.2, -0.15) is 0 Å². The van der Waals surface area contributed by atoms with Gasteiger partial charge in [0.2, 0.25) is 11.8 Å². The van der Waals surface area contributed by atoms with Crippen molar-refractivity contribution in [1.82, 2.24) is 15.6 Å². The zero-order valence-corrected chi connectivity index (χ0v) is 12.3. The number of amides is 1. The normalized spacial score (nSPS) is 10.6. The molecule has 1 aromatic heterocycles. The van der Waals surface area contributed by atoms with Crippen molar-refractivity contribution in [2.45, 2.75) is 26.5 Å². The molecule has 0 saturated heterocycles. The summed E-state index contributed by atoms with van der Waals surface area (Å²) in [4.78, 5) is 15.8. The lowest BCUT2D eigenvalue weighted by molar-refractivity contribution is -0.120. The molecule has 6 nitrogen and oxygen atoms in total. The van der Waals surface area contributed by atoms with Gasteiger partial charge in [-0.15, -0.1) is 0 Å². The van der Waals surface area contributed by atoms with Crippen LogP contribution in [0.3, 0.4) is 0 Å². The highest BCUT2D eigenvalue weighted by atomic mass is 16.5. The van der Waals surface area contributed by atoms with Crippen molar-refractivity contribution < 1.29 is 14.3 Å². The van der Waals surface area contributed by atoms with Gasteiger partial charge in [-0.25, -0.2) is 4.98 Å². The number of ether oxygens (including phenoxy) is 2. The number of methoxy groups -OCH3 is 1. The Hall–Kier alpha value is -1.66. The molecule has 0 aromatic carbocycles. The summed E-state index contributed by atoms with van der Waals surface area (Å²) >= 11 is 0. The molecule has 0 aliphatic heterocycles. The lowest BCUT2D eigenvalue weighted by atomic mass is 10.2. The standard InChI is InChI=1S/C14H23N3O3/c1-11(2)20-14-12(5-4-6-16-14)9-17-13(18)10-15-7-8-19-3/h4-6,11,15H,7-10H2,1-3H3,(H,17,18). The first-order valence-corrected chi connectivity index (χ1v) is 6.70. The summed E-state index contributed by atoms with van der Waals surface area (Å²) in [5.74, 6) is 0.496. The quantitative estimate of drug-likeness (QED) is 0.653. The van der Waals surface area contributed by atoms with E-state index in [4.69, 9.17) is 9.47 Å². The zero-order chi connectivity index (χ0) is 14.8. The predicted molar refractivity (Wildman–Crippen MR) is 76.6 cm³/mol. The third-order valence-electron chi connectivity index (χ3n) is 2.44. The number of nitrogens with zero attached hydrogens (tertiary/aromatic N) is 1. The molecule has 6 heteroatoms. The molecule has 0 aliphatic rings. The maximum absolute atomic E-state index is 11.6. The van der Waals surface area contributed by atoms with Gasteiger partial charge < -0.3 is 20.1 Å². The van der Waals surface area contributed by atoms with Gasteiger partial charge in [-0.1, -0.05) is 6.07 Å². The van der Waals surface area contributed by atoms with Crippen molar-refractivity contribution in [2.24, 2.45) is 0 Å². The fraction of sp³-hybridized carbons (Fsp3) is 0.571. The molecular weight excluding hydrogens is 258 g/mol. The summed E-state index contributed by atoms with van der Waals surface area (Å²) in [6.45, 7) is 5.79. The van der Waals surface area contributed by atoms with Gasteiger partial charge in [0.1, 0.15) is 0 Å². The first-order chi connectivity index (χ1) is 9.63. The summed E-state index contributed by atoms with van der Waals surface area (Å²) in [6.07, 6.45) is 1.73. The lowest BCUT2D eigenvalue weighted by Gasteiger charge is -2.13. The monoisotopic (exact) mass is 281 g/mol. The summed E-state index contributed by atoms with van der Waals surface area (Å²) in [5, 5.41) is 5.81. The van der Waals surface area contributed by atoms with Gasteiger partial charge in [0, 0.05) is 32.0 Å². The molecule has 0 spiro atoms. The number of rotatable bonds is 9. The largest absolute Gasteiger partial charge is 0.475 e. The van der Waals surface area contributed by atoms with Crippen molar-refractivity contribution >= 4 is 5.91 Å². The van der Waals surface area contributed by atoms with Crippen LogP contribution in [0.15, 0.2) is 18.3 Å². The van der Waals surface area contributed by atoms with Crippen molar-refractivity contribution in [2.75, 3.05) is 26.8 Å². The van der Waals surface area contributed by atoms with Crippen molar-refractivity contribution in [3.8, 4) is 5.88 Å². The molecule has 0 aliphatic carbocycles. The molecule has 112 valence electrons. The van der Waals surface area contributed by atoms with E-state index in [1.165, 1.54) is 0 Å². The molecular formula is C14H23N3O3. The highest BCUT2D eigenvalue weighted by molar-refractivity contribution is 5.78. The van der Waals surface area contributed by atoms with E-state index in [2.05, 4.69) is 15.6 Å². The molecule has 20 heavy (non-hydrogen) atoms. The molecule has 1 heterocycles. The summed E-state index contributed by atoms with van der Waals surface area (Å²) in [6, 6.07) is 3.72. The highest BCUT2D eigenvalue weighted by Gasteiger charge is 2.08. The van der Waals surface area contributed by atoms with E-state index < -0.39 is 0 Å². The Morgan fingerprint density at radius 3 is 2.95 bits per heavy atom. The summed E-state index contributed by atoms with van der Waals surface area (Å²) < 4.78 is 10.5. The first-order valence-electron chi connectivity index (χ1n) is 6.70. The number of pyridine rings is 1. The van der Waals surface area contributed by atoms with Crippen LogP contribution >= 0.6 is 0 Å². The Kier molecular flexibility index (Phi) is 7.60. The van der Waals surface area contributed by atoms with Crippen LogP contribution in [-0.4, -0.2) is 43.8 Å². The second-order valence-corrected chi connectivity index (χ2v) is 4.58. The van der Waals surface area contributed by atoms with Gasteiger partial charge in [-0.3, -0.25) is 4.79 Å². The number of aromatic nitrogens is 1. The fourth-order valence-electron chi connectivity index (χ4n) is 1.52. The topological polar surface area (TPSA) is 72.5 Å². The van der Waals surface area contributed by atoms with E-state index in [0.29, 0.717) is 25.6 Å². The average Bonchev–Trinajstić information content (AvgIpc) is 2.42. The maximum Gasteiger partial charge on any atom is 0.234 e. The minimum atomic E-state index is -0.0690. The van der Waals surface area contributed by atoms with Crippen LogP contribution in [0.4, 0.5) is 0 Å². The van der Waals surface area contributed by atoms with E-state index in [-0.39, 0.29) is 18.6 Å². The van der Waals surface area contributed by atoms with Crippen LogP contribution < -0.4 is 15.4 Å². The number of hydrogen-bond donors (Lipinski definition) is 2. The molecule has 0 unspecified atom stereocenters.